The predicted octanol–water partition coefficient (Wildman–Crippen LogP) is 4.36. The third-order valence-electron chi connectivity index (χ3n) is 4.42. The number of carbonyl (C=O) groups excluding carboxylic acids is 3. The molecule has 2 heterocycles. The van der Waals surface area contributed by atoms with Crippen molar-refractivity contribution in [2.45, 2.75) is 16.6 Å². The third kappa shape index (κ3) is 6.43. The molecule has 8 nitrogen and oxygen atoms in total. The lowest BCUT2D eigenvalue weighted by Crippen LogP contribution is -2.41. The van der Waals surface area contributed by atoms with E-state index in [0.717, 1.165) is 20.1 Å². The number of hydrogen-bond donors (Lipinski definition) is 2. The number of thioether (sulfide) groups is 1. The molecule has 0 radical (unpaired) electrons. The lowest BCUT2D eigenvalue weighted by molar-refractivity contribution is -0.123. The van der Waals surface area contributed by atoms with Crippen LogP contribution in [0, 0.1) is 0 Å². The summed E-state index contributed by atoms with van der Waals surface area (Å²) in [6.07, 6.45) is 1.48. The van der Waals surface area contributed by atoms with E-state index in [9.17, 15) is 14.4 Å². The van der Waals surface area contributed by atoms with Gasteiger partial charge in [-0.1, -0.05) is 36.0 Å². The smallest absolute Gasteiger partial charge is 0.338 e. The predicted molar refractivity (Wildman–Crippen MR) is 125 cm³/mol. The Morgan fingerprint density at radius 1 is 1.03 bits per heavy atom. The highest BCUT2D eigenvalue weighted by Crippen LogP contribution is 2.31. The molecule has 0 aliphatic heterocycles. The van der Waals surface area contributed by atoms with Crippen molar-refractivity contribution < 1.29 is 23.5 Å². The van der Waals surface area contributed by atoms with Crippen LogP contribution in [-0.4, -0.2) is 29.5 Å². The number of carbonyl (C=O) groups is 3. The van der Waals surface area contributed by atoms with Crippen molar-refractivity contribution in [3.63, 3.8) is 0 Å². The summed E-state index contributed by atoms with van der Waals surface area (Å²) in [6, 6.07) is 17.6. The number of nitrogens with zero attached hydrogens (tertiary/aromatic N) is 1. The summed E-state index contributed by atoms with van der Waals surface area (Å²) in [5.41, 5.74) is 2.34. The minimum Gasteiger partial charge on any atom is -0.467 e. The number of fused-ring (bicyclic) bond motifs is 1. The van der Waals surface area contributed by atoms with Crippen LogP contribution < -0.4 is 10.6 Å². The second kappa shape index (κ2) is 10.8. The Kier molecular flexibility index (Phi) is 7.38. The number of furan rings is 1. The van der Waals surface area contributed by atoms with Gasteiger partial charge in [0.2, 0.25) is 0 Å². The van der Waals surface area contributed by atoms with Gasteiger partial charge in [-0.2, -0.15) is 0 Å². The number of esters is 1. The van der Waals surface area contributed by atoms with E-state index in [4.69, 9.17) is 9.15 Å². The first-order valence-corrected chi connectivity index (χ1v) is 11.7. The number of para-hydroxylation sites is 1. The summed E-state index contributed by atoms with van der Waals surface area (Å²) in [5, 5.41) is 4.55. The van der Waals surface area contributed by atoms with Crippen LogP contribution in [0.5, 0.6) is 0 Å². The van der Waals surface area contributed by atoms with Gasteiger partial charge in [-0.15, -0.1) is 11.3 Å². The van der Waals surface area contributed by atoms with Crippen LogP contribution >= 0.6 is 23.1 Å². The maximum Gasteiger partial charge on any atom is 0.338 e. The summed E-state index contributed by atoms with van der Waals surface area (Å²) >= 11 is 3.28. The Morgan fingerprint density at radius 3 is 2.61 bits per heavy atom. The van der Waals surface area contributed by atoms with Crippen molar-refractivity contribution in [3.05, 3.63) is 83.8 Å². The first-order valence-electron chi connectivity index (χ1n) is 9.91. The largest absolute Gasteiger partial charge is 0.467 e. The van der Waals surface area contributed by atoms with Gasteiger partial charge in [-0.25, -0.2) is 14.6 Å². The monoisotopic (exact) mass is 481 g/mol. The van der Waals surface area contributed by atoms with Gasteiger partial charge in [0.25, 0.3) is 5.91 Å². The number of urea groups is 1. The molecule has 10 heteroatoms. The zero-order valence-electron chi connectivity index (χ0n) is 17.3. The highest BCUT2D eigenvalue weighted by Gasteiger charge is 2.13. The fourth-order valence-electron chi connectivity index (χ4n) is 2.80. The fourth-order valence-corrected chi connectivity index (χ4v) is 4.82. The Balaban J connectivity index is 1.20. The number of benzene rings is 2. The van der Waals surface area contributed by atoms with E-state index in [1.54, 1.807) is 47.4 Å². The molecule has 4 aromatic rings. The van der Waals surface area contributed by atoms with Gasteiger partial charge >= 0.3 is 12.0 Å². The van der Waals surface area contributed by atoms with Crippen LogP contribution in [0.2, 0.25) is 0 Å². The zero-order chi connectivity index (χ0) is 23.0. The van der Waals surface area contributed by atoms with Crippen molar-refractivity contribution in [2.75, 3.05) is 6.61 Å². The van der Waals surface area contributed by atoms with E-state index in [1.807, 2.05) is 36.4 Å². The van der Waals surface area contributed by atoms with Crippen molar-refractivity contribution in [2.24, 2.45) is 0 Å². The van der Waals surface area contributed by atoms with E-state index < -0.39 is 24.5 Å². The maximum absolute atomic E-state index is 12.2. The molecule has 168 valence electrons. The first-order chi connectivity index (χ1) is 16.1. The number of ether oxygens (including phenoxy) is 1. The third-order valence-corrected chi connectivity index (χ3v) is 6.67. The Hall–Kier alpha value is -3.63. The summed E-state index contributed by atoms with van der Waals surface area (Å²) in [5.74, 6) is -0.119. The average molecular weight is 482 g/mol. The normalized spacial score (nSPS) is 10.7. The summed E-state index contributed by atoms with van der Waals surface area (Å²) in [4.78, 5) is 40.3. The van der Waals surface area contributed by atoms with Crippen LogP contribution in [0.1, 0.15) is 21.7 Å². The van der Waals surface area contributed by atoms with Crippen molar-refractivity contribution in [3.8, 4) is 0 Å². The molecule has 3 amide bonds. The second-order valence-corrected chi connectivity index (χ2v) is 9.07. The van der Waals surface area contributed by atoms with Gasteiger partial charge in [-0.05, 0) is 42.0 Å². The average Bonchev–Trinajstić information content (AvgIpc) is 3.49. The number of thiazole rings is 1. The molecule has 0 spiro atoms. The molecule has 0 saturated carbocycles. The Labute approximate surface area is 197 Å². The molecule has 2 aromatic carbocycles. The topological polar surface area (TPSA) is 111 Å². The molecule has 4 rings (SSSR count). The van der Waals surface area contributed by atoms with Crippen LogP contribution in [-0.2, 0) is 21.8 Å². The molecule has 2 N–H and O–H groups in total. The molecule has 0 atom stereocenters. The highest BCUT2D eigenvalue weighted by atomic mass is 32.2. The molecule has 2 aromatic heterocycles. The molecule has 33 heavy (non-hydrogen) atoms. The van der Waals surface area contributed by atoms with E-state index in [2.05, 4.69) is 15.6 Å². The molecule has 0 unspecified atom stereocenters. The zero-order valence-corrected chi connectivity index (χ0v) is 18.9. The van der Waals surface area contributed by atoms with Crippen molar-refractivity contribution in [1.82, 2.24) is 15.6 Å². The lowest BCUT2D eigenvalue weighted by Gasteiger charge is -2.07. The van der Waals surface area contributed by atoms with E-state index in [-0.39, 0.29) is 6.54 Å². The number of nitrogens with one attached hydrogen (secondary N) is 2. The highest BCUT2D eigenvalue weighted by molar-refractivity contribution is 8.00. The molecule has 0 aliphatic rings. The van der Waals surface area contributed by atoms with Gasteiger partial charge < -0.3 is 14.5 Å². The first kappa shape index (κ1) is 22.6. The minimum atomic E-state index is -0.732. The standard InChI is InChI=1S/C23H19N3O5S2/c27-20(26-22(29)24-12-17-4-3-11-30-17)13-31-21(28)16-9-7-15(8-10-16)14-32-23-25-18-5-1-2-6-19(18)33-23/h1-11H,12-14H2,(H2,24,26,27,29). The van der Waals surface area contributed by atoms with Gasteiger partial charge in [0, 0.05) is 5.75 Å². The quantitative estimate of drug-likeness (QED) is 0.284. The van der Waals surface area contributed by atoms with E-state index in [1.165, 1.54) is 6.26 Å². The maximum atomic E-state index is 12.2. The number of imide groups is 1. The number of aromatic nitrogens is 1. The molecule has 0 saturated heterocycles. The minimum absolute atomic E-state index is 0.134. The van der Waals surface area contributed by atoms with E-state index in [0.29, 0.717) is 17.1 Å². The molecular weight excluding hydrogens is 462 g/mol. The Bertz CT molecular complexity index is 1220. The molecule has 0 fully saturated rings. The van der Waals surface area contributed by atoms with Gasteiger partial charge in [-0.3, -0.25) is 10.1 Å². The van der Waals surface area contributed by atoms with Gasteiger partial charge in [0.05, 0.1) is 28.6 Å². The van der Waals surface area contributed by atoms with Crippen molar-refractivity contribution in [1.29, 1.82) is 0 Å². The number of amides is 3. The van der Waals surface area contributed by atoms with Crippen LogP contribution in [0.25, 0.3) is 10.2 Å². The van der Waals surface area contributed by atoms with Crippen LogP contribution in [0.15, 0.2) is 75.7 Å². The van der Waals surface area contributed by atoms with Crippen LogP contribution in [0.4, 0.5) is 4.79 Å². The van der Waals surface area contributed by atoms with Crippen molar-refractivity contribution >= 4 is 51.2 Å². The number of hydrogen-bond acceptors (Lipinski definition) is 8. The van der Waals surface area contributed by atoms with Gasteiger partial charge in [0.15, 0.2) is 10.9 Å². The molecular formula is C23H19N3O5S2. The SMILES string of the molecule is O=C(COC(=O)c1ccc(CSc2nc3ccccc3s2)cc1)NC(=O)NCc1ccco1. The van der Waals surface area contributed by atoms with Gasteiger partial charge in [0.1, 0.15) is 5.76 Å². The Morgan fingerprint density at radius 2 is 1.85 bits per heavy atom. The number of rotatable bonds is 8. The summed E-state index contributed by atoms with van der Waals surface area (Å²) in [7, 11) is 0. The fraction of sp³-hybridized carbons (Fsp3) is 0.130. The summed E-state index contributed by atoms with van der Waals surface area (Å²) < 4.78 is 12.2. The van der Waals surface area contributed by atoms with Crippen LogP contribution in [0.3, 0.4) is 0 Å². The van der Waals surface area contributed by atoms with E-state index >= 15 is 0 Å². The molecule has 0 bridgehead atoms. The summed E-state index contributed by atoms with van der Waals surface area (Å²) in [6.45, 7) is -0.433. The molecule has 0 aliphatic carbocycles. The second-order valence-electron chi connectivity index (χ2n) is 6.82. The lowest BCUT2D eigenvalue weighted by atomic mass is 10.1.